The Labute approximate surface area is 132 Å². The Kier molecular flexibility index (Phi) is 8.06. The van der Waals surface area contributed by atoms with Crippen LogP contribution in [0.2, 0.25) is 0 Å². The van der Waals surface area contributed by atoms with E-state index >= 15 is 0 Å². The van der Waals surface area contributed by atoms with Gasteiger partial charge in [-0.3, -0.25) is 13.9 Å². The molecule has 0 amide bonds. The fraction of sp³-hybridized carbons (Fsp3) is 0.692. The Hall–Kier alpha value is -2.70. The molecule has 0 unspecified atom stereocenters. The van der Waals surface area contributed by atoms with Crippen molar-refractivity contribution in [3.8, 4) is 0 Å². The molecule has 1 aromatic rings. The van der Waals surface area contributed by atoms with E-state index in [4.69, 9.17) is 11.1 Å². The van der Waals surface area contributed by atoms with E-state index in [1.165, 1.54) is 10.6 Å². The maximum absolute atomic E-state index is 12.4. The number of hydrogen-bond acceptors (Lipinski definition) is 4. The summed E-state index contributed by atoms with van der Waals surface area (Å²) in [5, 5.41) is 6.87. The molecule has 0 saturated carbocycles. The van der Waals surface area contributed by atoms with Crippen LogP contribution >= 0.6 is 0 Å². The Bertz CT molecular complexity index is 722. The van der Waals surface area contributed by atoms with Gasteiger partial charge in [0, 0.05) is 47.8 Å². The average Bonchev–Trinajstić information content (AvgIpc) is 2.52. The van der Waals surface area contributed by atoms with E-state index in [9.17, 15) is 9.59 Å². The first-order valence-electron chi connectivity index (χ1n) is 7.44. The molecule has 0 atom stereocenters. The van der Waals surface area contributed by atoms with E-state index in [1.54, 1.807) is 11.5 Å². The van der Waals surface area contributed by atoms with E-state index in [1.807, 2.05) is 0 Å². The van der Waals surface area contributed by atoms with Crippen LogP contribution in [0.3, 0.4) is 0 Å². The molecule has 0 radical (unpaired) electrons. The lowest BCUT2D eigenvalue weighted by atomic mass is 10.3. The van der Waals surface area contributed by atoms with Crippen LogP contribution in [0.4, 0.5) is 0 Å². The summed E-state index contributed by atoms with van der Waals surface area (Å²) in [5.41, 5.74) is 16.4. The van der Waals surface area contributed by atoms with Gasteiger partial charge in [-0.15, -0.1) is 0 Å². The fourth-order valence-electron chi connectivity index (χ4n) is 2.20. The molecule has 124 valence electrons. The third kappa shape index (κ3) is 5.90. The average molecular weight is 320 g/mol. The van der Waals surface area contributed by atoms with Gasteiger partial charge in [-0.1, -0.05) is 10.2 Å². The van der Waals surface area contributed by atoms with E-state index < -0.39 is 0 Å². The lowest BCUT2D eigenvalue weighted by Gasteiger charge is -2.12. The second-order valence-corrected chi connectivity index (χ2v) is 5.03. The molecular weight excluding hydrogens is 300 g/mol. The summed E-state index contributed by atoms with van der Waals surface area (Å²) in [7, 11) is 0. The van der Waals surface area contributed by atoms with Crippen LogP contribution in [0.5, 0.6) is 0 Å². The Morgan fingerprint density at radius 2 is 1.48 bits per heavy atom. The van der Waals surface area contributed by atoms with Gasteiger partial charge in [-0.05, 0) is 43.7 Å². The molecule has 0 N–H and O–H groups in total. The predicted octanol–water partition coefficient (Wildman–Crippen LogP) is 2.50. The molecule has 0 aliphatic rings. The molecule has 1 aromatic heterocycles. The minimum absolute atomic E-state index is 0.303. The summed E-state index contributed by atoms with van der Waals surface area (Å²) >= 11 is 0. The van der Waals surface area contributed by atoms with Gasteiger partial charge in [0.25, 0.3) is 5.56 Å². The van der Waals surface area contributed by atoms with Crippen LogP contribution in [-0.4, -0.2) is 22.2 Å². The maximum Gasteiger partial charge on any atom is 0.331 e. The highest BCUT2D eigenvalue weighted by molar-refractivity contribution is 5.00. The van der Waals surface area contributed by atoms with Crippen molar-refractivity contribution < 1.29 is 0 Å². The van der Waals surface area contributed by atoms with Crippen LogP contribution in [-0.2, 0) is 13.1 Å². The Balaban J connectivity index is 2.77. The predicted molar refractivity (Wildman–Crippen MR) is 86.2 cm³/mol. The third-order valence-electron chi connectivity index (χ3n) is 3.39. The molecule has 23 heavy (non-hydrogen) atoms. The van der Waals surface area contributed by atoms with Crippen molar-refractivity contribution in [2.75, 3.05) is 13.1 Å². The molecule has 0 aliphatic heterocycles. The molecular formula is C13H20N8O2. The zero-order valence-electron chi connectivity index (χ0n) is 13.1. The molecule has 0 bridgehead atoms. The second-order valence-electron chi connectivity index (χ2n) is 5.03. The molecule has 10 nitrogen and oxygen atoms in total. The van der Waals surface area contributed by atoms with Gasteiger partial charge in [-0.2, -0.15) is 0 Å². The summed E-state index contributed by atoms with van der Waals surface area (Å²) < 4.78 is 2.77. The quantitative estimate of drug-likeness (QED) is 0.282. The number of unbranched alkanes of at least 4 members (excludes halogenated alkanes) is 2. The standard InChI is InChI=1S/C13H20N8O2/c1-11-10-12(22)21(9-5-3-7-17-19-15)13(23)20(11)8-4-2-6-16-18-14/h10H,2-9H2,1H3. The zero-order chi connectivity index (χ0) is 17.1. The van der Waals surface area contributed by atoms with E-state index in [0.29, 0.717) is 57.6 Å². The molecule has 0 aromatic carbocycles. The minimum atomic E-state index is -0.331. The number of aromatic nitrogens is 2. The highest BCUT2D eigenvalue weighted by Crippen LogP contribution is 1.98. The van der Waals surface area contributed by atoms with Crippen molar-refractivity contribution in [1.29, 1.82) is 0 Å². The van der Waals surface area contributed by atoms with Gasteiger partial charge < -0.3 is 0 Å². The van der Waals surface area contributed by atoms with Gasteiger partial charge in [0.1, 0.15) is 0 Å². The van der Waals surface area contributed by atoms with Crippen LogP contribution in [0, 0.1) is 6.92 Å². The van der Waals surface area contributed by atoms with Crippen LogP contribution in [0.25, 0.3) is 20.9 Å². The van der Waals surface area contributed by atoms with Gasteiger partial charge in [-0.25, -0.2) is 4.79 Å². The first-order valence-corrected chi connectivity index (χ1v) is 7.44. The van der Waals surface area contributed by atoms with Crippen molar-refractivity contribution in [2.24, 2.45) is 10.2 Å². The number of azide groups is 2. The highest BCUT2D eigenvalue weighted by atomic mass is 16.2. The van der Waals surface area contributed by atoms with Crippen molar-refractivity contribution in [3.63, 3.8) is 0 Å². The number of aryl methyl sites for hydroxylation is 1. The summed E-state index contributed by atoms with van der Waals surface area (Å²) in [4.78, 5) is 29.7. The lowest BCUT2D eigenvalue weighted by Crippen LogP contribution is -2.40. The Morgan fingerprint density at radius 3 is 2.00 bits per heavy atom. The van der Waals surface area contributed by atoms with Crippen LogP contribution in [0.15, 0.2) is 25.9 Å². The zero-order valence-corrected chi connectivity index (χ0v) is 13.1. The summed E-state index contributed by atoms with van der Waals surface area (Å²) in [6.45, 7) is 3.25. The topological polar surface area (TPSA) is 142 Å². The normalized spacial score (nSPS) is 9.96. The molecule has 0 fully saturated rings. The third-order valence-corrected chi connectivity index (χ3v) is 3.39. The van der Waals surface area contributed by atoms with E-state index in [-0.39, 0.29) is 11.2 Å². The highest BCUT2D eigenvalue weighted by Gasteiger charge is 2.08. The van der Waals surface area contributed by atoms with Gasteiger partial charge >= 0.3 is 5.69 Å². The van der Waals surface area contributed by atoms with Gasteiger partial charge in [0.15, 0.2) is 0 Å². The smallest absolute Gasteiger partial charge is 0.298 e. The number of nitrogens with zero attached hydrogens (tertiary/aromatic N) is 8. The van der Waals surface area contributed by atoms with Crippen molar-refractivity contribution in [3.05, 3.63) is 53.5 Å². The maximum atomic E-state index is 12.4. The van der Waals surface area contributed by atoms with Crippen molar-refractivity contribution in [1.82, 2.24) is 9.13 Å². The Morgan fingerprint density at radius 1 is 0.957 bits per heavy atom. The molecule has 0 saturated heterocycles. The monoisotopic (exact) mass is 320 g/mol. The molecule has 10 heteroatoms. The minimum Gasteiger partial charge on any atom is -0.298 e. The van der Waals surface area contributed by atoms with Crippen molar-refractivity contribution >= 4 is 0 Å². The number of rotatable bonds is 10. The number of hydrogen-bond donors (Lipinski definition) is 0. The summed E-state index contributed by atoms with van der Waals surface area (Å²) in [6.07, 6.45) is 2.58. The molecule has 0 aliphatic carbocycles. The fourth-order valence-corrected chi connectivity index (χ4v) is 2.20. The first-order chi connectivity index (χ1) is 11.1. The van der Waals surface area contributed by atoms with Gasteiger partial charge in [0.05, 0.1) is 0 Å². The first kappa shape index (κ1) is 18.3. The molecule has 0 spiro atoms. The van der Waals surface area contributed by atoms with Crippen LogP contribution in [0.1, 0.15) is 31.4 Å². The molecule has 1 heterocycles. The van der Waals surface area contributed by atoms with Crippen LogP contribution < -0.4 is 11.2 Å². The molecule has 1 rings (SSSR count). The summed E-state index contributed by atoms with van der Waals surface area (Å²) in [6, 6.07) is 1.45. The lowest BCUT2D eigenvalue weighted by molar-refractivity contribution is 0.501. The SMILES string of the molecule is Cc1cc(=O)n(CCCCN=[N+]=[N-])c(=O)n1CCCCN=[N+]=[N-]. The van der Waals surface area contributed by atoms with E-state index in [0.717, 1.165) is 0 Å². The van der Waals surface area contributed by atoms with E-state index in [2.05, 4.69) is 20.1 Å². The summed E-state index contributed by atoms with van der Waals surface area (Å²) in [5.74, 6) is 0. The van der Waals surface area contributed by atoms with Crippen molar-refractivity contribution in [2.45, 2.75) is 45.7 Å². The van der Waals surface area contributed by atoms with Gasteiger partial charge in [0.2, 0.25) is 0 Å². The second kappa shape index (κ2) is 10.1. The largest absolute Gasteiger partial charge is 0.331 e.